The highest BCUT2D eigenvalue weighted by molar-refractivity contribution is 4.72. The third-order valence-corrected chi connectivity index (χ3v) is 4.95. The van der Waals surface area contributed by atoms with E-state index in [0.717, 1.165) is 17.8 Å². The maximum absolute atomic E-state index is 3.66. The second-order valence-corrected chi connectivity index (χ2v) is 6.43. The number of hydrogen-bond acceptors (Lipinski definition) is 1. The first kappa shape index (κ1) is 16.0. The second kappa shape index (κ2) is 9.83. The summed E-state index contributed by atoms with van der Waals surface area (Å²) in [6.07, 6.45) is 12.8. The van der Waals surface area contributed by atoms with Gasteiger partial charge in [0.15, 0.2) is 0 Å². The number of rotatable bonds is 4. The summed E-state index contributed by atoms with van der Waals surface area (Å²) in [4.78, 5) is 0. The van der Waals surface area contributed by atoms with E-state index in [1.165, 1.54) is 70.9 Å². The fourth-order valence-corrected chi connectivity index (χ4v) is 3.34. The Morgan fingerprint density at radius 1 is 1.06 bits per heavy atom. The van der Waals surface area contributed by atoms with E-state index in [0.29, 0.717) is 0 Å². The molecule has 0 radical (unpaired) electrons. The Labute approximate surface area is 115 Å². The summed E-state index contributed by atoms with van der Waals surface area (Å²) in [5.74, 6) is 2.86. The van der Waals surface area contributed by atoms with Gasteiger partial charge in [0.1, 0.15) is 0 Å². The van der Waals surface area contributed by atoms with E-state index in [-0.39, 0.29) is 0 Å². The van der Waals surface area contributed by atoms with E-state index in [2.05, 4.69) is 26.1 Å². The van der Waals surface area contributed by atoms with Crippen LogP contribution in [0.1, 0.15) is 78.6 Å². The zero-order chi connectivity index (χ0) is 13.2. The molecule has 0 bridgehead atoms. The van der Waals surface area contributed by atoms with Gasteiger partial charge in [0.05, 0.1) is 0 Å². The van der Waals surface area contributed by atoms with Crippen LogP contribution in [0.5, 0.6) is 0 Å². The van der Waals surface area contributed by atoms with Crippen LogP contribution in [0.4, 0.5) is 0 Å². The summed E-state index contributed by atoms with van der Waals surface area (Å²) in [7, 11) is 0. The predicted octanol–water partition coefficient (Wildman–Crippen LogP) is 5.01. The molecule has 108 valence electrons. The van der Waals surface area contributed by atoms with Crippen molar-refractivity contribution >= 4 is 0 Å². The van der Waals surface area contributed by atoms with Gasteiger partial charge in [-0.05, 0) is 50.1 Å². The normalized spacial score (nSPS) is 31.8. The molecule has 1 heteroatoms. The molecule has 1 saturated heterocycles. The Morgan fingerprint density at radius 3 is 2.61 bits per heavy atom. The van der Waals surface area contributed by atoms with E-state index >= 15 is 0 Å². The lowest BCUT2D eigenvalue weighted by Gasteiger charge is -2.25. The minimum Gasteiger partial charge on any atom is -0.316 e. The summed E-state index contributed by atoms with van der Waals surface area (Å²) in [5.41, 5.74) is 0. The van der Waals surface area contributed by atoms with Gasteiger partial charge < -0.3 is 5.32 Å². The van der Waals surface area contributed by atoms with Gasteiger partial charge in [-0.15, -0.1) is 0 Å². The molecular formula is C17H35N. The first-order valence-electron chi connectivity index (χ1n) is 8.48. The van der Waals surface area contributed by atoms with Crippen molar-refractivity contribution in [2.45, 2.75) is 78.6 Å². The first-order valence-corrected chi connectivity index (χ1v) is 8.48. The summed E-state index contributed by atoms with van der Waals surface area (Å²) in [6.45, 7) is 9.69. The Hall–Kier alpha value is -0.0400. The van der Waals surface area contributed by atoms with Crippen molar-refractivity contribution in [3.05, 3.63) is 0 Å². The lowest BCUT2D eigenvalue weighted by Crippen LogP contribution is -2.23. The Bertz CT molecular complexity index is 190. The SMILES string of the molecule is CCCCC1CCC(CC)CNCCCCC1C. The third kappa shape index (κ3) is 6.22. The van der Waals surface area contributed by atoms with Crippen LogP contribution in [0, 0.1) is 17.8 Å². The van der Waals surface area contributed by atoms with Crippen LogP contribution in [0.2, 0.25) is 0 Å². The third-order valence-electron chi connectivity index (χ3n) is 4.95. The molecule has 1 aliphatic heterocycles. The standard InChI is InChI=1S/C17H35N/c1-4-6-10-17-12-11-16(5-2)14-18-13-8-7-9-15(17)3/h15-18H,4-14H2,1-3H3. The quantitative estimate of drug-likeness (QED) is 0.742. The van der Waals surface area contributed by atoms with Gasteiger partial charge in [0.2, 0.25) is 0 Å². The summed E-state index contributed by atoms with van der Waals surface area (Å²) in [5, 5.41) is 3.66. The Morgan fingerprint density at radius 2 is 1.89 bits per heavy atom. The van der Waals surface area contributed by atoms with Gasteiger partial charge in [-0.1, -0.05) is 59.3 Å². The van der Waals surface area contributed by atoms with Crippen molar-refractivity contribution in [2.24, 2.45) is 17.8 Å². The molecular weight excluding hydrogens is 218 g/mol. The van der Waals surface area contributed by atoms with Crippen LogP contribution < -0.4 is 5.32 Å². The predicted molar refractivity (Wildman–Crippen MR) is 81.9 cm³/mol. The summed E-state index contributed by atoms with van der Waals surface area (Å²) < 4.78 is 0. The van der Waals surface area contributed by atoms with E-state index in [1.54, 1.807) is 0 Å². The molecule has 0 aromatic heterocycles. The van der Waals surface area contributed by atoms with Crippen molar-refractivity contribution in [2.75, 3.05) is 13.1 Å². The number of unbranched alkanes of at least 4 members (excludes halogenated alkanes) is 1. The fraction of sp³-hybridized carbons (Fsp3) is 1.00. The minimum atomic E-state index is 0.916. The average Bonchev–Trinajstić information content (AvgIpc) is 2.42. The fourth-order valence-electron chi connectivity index (χ4n) is 3.34. The van der Waals surface area contributed by atoms with Crippen LogP contribution in [-0.2, 0) is 0 Å². The zero-order valence-electron chi connectivity index (χ0n) is 13.0. The van der Waals surface area contributed by atoms with Crippen LogP contribution >= 0.6 is 0 Å². The molecule has 1 rings (SSSR count). The van der Waals surface area contributed by atoms with Gasteiger partial charge in [0, 0.05) is 0 Å². The maximum Gasteiger partial charge on any atom is -0.00206 e. The molecule has 0 aromatic rings. The zero-order valence-corrected chi connectivity index (χ0v) is 13.0. The van der Waals surface area contributed by atoms with E-state index in [1.807, 2.05) is 0 Å². The second-order valence-electron chi connectivity index (χ2n) is 6.43. The Kier molecular flexibility index (Phi) is 8.75. The highest BCUT2D eigenvalue weighted by Gasteiger charge is 2.19. The minimum absolute atomic E-state index is 0.916. The van der Waals surface area contributed by atoms with Crippen LogP contribution in [0.3, 0.4) is 0 Å². The smallest absolute Gasteiger partial charge is 0.00206 e. The largest absolute Gasteiger partial charge is 0.316 e. The highest BCUT2D eigenvalue weighted by atomic mass is 14.8. The molecule has 1 aliphatic rings. The van der Waals surface area contributed by atoms with E-state index in [4.69, 9.17) is 0 Å². The molecule has 1 N–H and O–H groups in total. The molecule has 0 saturated carbocycles. The Balaban J connectivity index is 2.48. The van der Waals surface area contributed by atoms with E-state index in [9.17, 15) is 0 Å². The van der Waals surface area contributed by atoms with Gasteiger partial charge in [-0.3, -0.25) is 0 Å². The van der Waals surface area contributed by atoms with Crippen molar-refractivity contribution in [1.29, 1.82) is 0 Å². The first-order chi connectivity index (χ1) is 8.77. The number of nitrogens with one attached hydrogen (secondary N) is 1. The van der Waals surface area contributed by atoms with Crippen LogP contribution in [0.15, 0.2) is 0 Å². The van der Waals surface area contributed by atoms with Gasteiger partial charge in [0.25, 0.3) is 0 Å². The van der Waals surface area contributed by atoms with Gasteiger partial charge in [-0.2, -0.15) is 0 Å². The van der Waals surface area contributed by atoms with Gasteiger partial charge >= 0.3 is 0 Å². The molecule has 18 heavy (non-hydrogen) atoms. The lowest BCUT2D eigenvalue weighted by molar-refractivity contribution is 0.266. The van der Waals surface area contributed by atoms with Crippen LogP contribution in [0.25, 0.3) is 0 Å². The van der Waals surface area contributed by atoms with E-state index < -0.39 is 0 Å². The average molecular weight is 253 g/mol. The van der Waals surface area contributed by atoms with Gasteiger partial charge in [-0.25, -0.2) is 0 Å². The molecule has 0 aromatic carbocycles. The van der Waals surface area contributed by atoms with Crippen LogP contribution in [-0.4, -0.2) is 13.1 Å². The molecule has 0 amide bonds. The molecule has 1 fully saturated rings. The molecule has 3 atom stereocenters. The maximum atomic E-state index is 3.66. The molecule has 0 spiro atoms. The van der Waals surface area contributed by atoms with Crippen molar-refractivity contribution in [3.63, 3.8) is 0 Å². The van der Waals surface area contributed by atoms with Crippen molar-refractivity contribution in [1.82, 2.24) is 5.32 Å². The number of hydrogen-bond donors (Lipinski definition) is 1. The van der Waals surface area contributed by atoms with Crippen molar-refractivity contribution in [3.8, 4) is 0 Å². The molecule has 1 heterocycles. The molecule has 0 aliphatic carbocycles. The monoisotopic (exact) mass is 253 g/mol. The topological polar surface area (TPSA) is 12.0 Å². The lowest BCUT2D eigenvalue weighted by atomic mass is 9.81. The summed E-state index contributed by atoms with van der Waals surface area (Å²) >= 11 is 0. The van der Waals surface area contributed by atoms with Crippen molar-refractivity contribution < 1.29 is 0 Å². The molecule has 1 nitrogen and oxygen atoms in total. The highest BCUT2D eigenvalue weighted by Crippen LogP contribution is 2.29. The summed E-state index contributed by atoms with van der Waals surface area (Å²) in [6, 6.07) is 0. The molecule has 3 unspecified atom stereocenters.